The van der Waals surface area contributed by atoms with Crippen LogP contribution in [0.5, 0.6) is 0 Å². The first-order valence-electron chi connectivity index (χ1n) is 7.14. The minimum absolute atomic E-state index is 0.0583. The number of hydrogen-bond donors (Lipinski definition) is 1. The zero-order valence-corrected chi connectivity index (χ0v) is 12.7. The van der Waals surface area contributed by atoms with Crippen LogP contribution in [0.4, 0.5) is 0 Å². The molecule has 2 atom stereocenters. The number of nitrogens with zero attached hydrogens (tertiary/aromatic N) is 1. The third-order valence-electron chi connectivity index (χ3n) is 3.68. The maximum Gasteiger partial charge on any atom is 0.306 e. The smallest absolute Gasteiger partial charge is 0.306 e. The van der Waals surface area contributed by atoms with Crippen LogP contribution in [0.3, 0.4) is 0 Å². The quantitative estimate of drug-likeness (QED) is 0.731. The van der Waals surface area contributed by atoms with Gasteiger partial charge in [-0.3, -0.25) is 9.59 Å². The van der Waals surface area contributed by atoms with E-state index in [9.17, 15) is 9.59 Å². The van der Waals surface area contributed by atoms with E-state index in [0.717, 1.165) is 11.5 Å². The molecule has 1 fully saturated rings. The molecule has 0 bridgehead atoms. The van der Waals surface area contributed by atoms with E-state index in [1.807, 2.05) is 23.6 Å². The standard InChI is InChI=1S/C14H25NO3S/c1-3-4-8-19-9-6-13(16)15-7-5-12(14(17)18)11(2)10-15/h11-12H,3-10H2,1-2H3,(H,17,18). The highest BCUT2D eigenvalue weighted by atomic mass is 32.2. The van der Waals surface area contributed by atoms with Gasteiger partial charge in [-0.2, -0.15) is 11.8 Å². The molecule has 0 aromatic carbocycles. The number of carbonyl (C=O) groups is 2. The number of rotatable bonds is 7. The number of carboxylic acids is 1. The van der Waals surface area contributed by atoms with Crippen LogP contribution in [0.15, 0.2) is 0 Å². The van der Waals surface area contributed by atoms with Crippen LogP contribution in [0.1, 0.15) is 39.5 Å². The highest BCUT2D eigenvalue weighted by Crippen LogP contribution is 2.24. The molecule has 19 heavy (non-hydrogen) atoms. The van der Waals surface area contributed by atoms with E-state index in [2.05, 4.69) is 6.92 Å². The molecule has 2 unspecified atom stereocenters. The number of hydrogen-bond acceptors (Lipinski definition) is 3. The number of carboxylic acid groups (broad SMARTS) is 1. The van der Waals surface area contributed by atoms with Crippen LogP contribution < -0.4 is 0 Å². The minimum atomic E-state index is -0.727. The van der Waals surface area contributed by atoms with Crippen LogP contribution in [0.25, 0.3) is 0 Å². The van der Waals surface area contributed by atoms with E-state index >= 15 is 0 Å². The molecule has 0 aromatic heterocycles. The van der Waals surface area contributed by atoms with Gasteiger partial charge in [-0.25, -0.2) is 0 Å². The van der Waals surface area contributed by atoms with E-state index in [1.165, 1.54) is 12.8 Å². The molecule has 1 saturated heterocycles. The van der Waals surface area contributed by atoms with Crippen molar-refractivity contribution in [2.24, 2.45) is 11.8 Å². The largest absolute Gasteiger partial charge is 0.481 e. The van der Waals surface area contributed by atoms with Gasteiger partial charge in [0.15, 0.2) is 0 Å². The first kappa shape index (κ1) is 16.3. The molecular weight excluding hydrogens is 262 g/mol. The molecular formula is C14H25NO3S. The van der Waals surface area contributed by atoms with Crippen molar-refractivity contribution in [1.82, 2.24) is 4.90 Å². The molecule has 0 radical (unpaired) electrons. The van der Waals surface area contributed by atoms with E-state index in [0.29, 0.717) is 25.9 Å². The molecule has 110 valence electrons. The Morgan fingerprint density at radius 2 is 2.11 bits per heavy atom. The first-order chi connectivity index (χ1) is 9.06. The highest BCUT2D eigenvalue weighted by Gasteiger charge is 2.32. The molecule has 0 saturated carbocycles. The predicted octanol–water partition coefficient (Wildman–Crippen LogP) is 2.48. The summed E-state index contributed by atoms with van der Waals surface area (Å²) in [7, 11) is 0. The number of carbonyl (C=O) groups excluding carboxylic acids is 1. The fourth-order valence-corrected chi connectivity index (χ4v) is 3.42. The number of amides is 1. The molecule has 0 aromatic rings. The van der Waals surface area contributed by atoms with Crippen molar-refractivity contribution in [3.8, 4) is 0 Å². The Morgan fingerprint density at radius 3 is 2.68 bits per heavy atom. The fourth-order valence-electron chi connectivity index (χ4n) is 2.41. The molecule has 1 rings (SSSR count). The Hall–Kier alpha value is -0.710. The van der Waals surface area contributed by atoms with Gasteiger partial charge in [-0.15, -0.1) is 0 Å². The van der Waals surface area contributed by atoms with E-state index in [4.69, 9.17) is 5.11 Å². The summed E-state index contributed by atoms with van der Waals surface area (Å²) in [6.45, 7) is 5.28. The first-order valence-corrected chi connectivity index (χ1v) is 8.30. The Labute approximate surface area is 119 Å². The van der Waals surface area contributed by atoms with Gasteiger partial charge in [-0.05, 0) is 24.5 Å². The van der Waals surface area contributed by atoms with Crippen molar-refractivity contribution in [3.05, 3.63) is 0 Å². The zero-order valence-electron chi connectivity index (χ0n) is 11.9. The van der Waals surface area contributed by atoms with Crippen molar-refractivity contribution < 1.29 is 14.7 Å². The van der Waals surface area contributed by atoms with Gasteiger partial charge in [0, 0.05) is 25.3 Å². The predicted molar refractivity (Wildman–Crippen MR) is 78.3 cm³/mol. The van der Waals surface area contributed by atoms with Gasteiger partial charge < -0.3 is 10.0 Å². The van der Waals surface area contributed by atoms with E-state index < -0.39 is 5.97 Å². The molecule has 5 heteroatoms. The second-order valence-electron chi connectivity index (χ2n) is 5.27. The monoisotopic (exact) mass is 287 g/mol. The summed E-state index contributed by atoms with van der Waals surface area (Å²) in [5, 5.41) is 9.05. The molecule has 1 aliphatic rings. The van der Waals surface area contributed by atoms with Crippen molar-refractivity contribution in [1.29, 1.82) is 0 Å². The van der Waals surface area contributed by atoms with Crippen molar-refractivity contribution in [2.45, 2.75) is 39.5 Å². The van der Waals surface area contributed by atoms with Crippen LogP contribution in [-0.4, -0.2) is 46.5 Å². The molecule has 0 spiro atoms. The average Bonchev–Trinajstić information content (AvgIpc) is 2.37. The van der Waals surface area contributed by atoms with Gasteiger partial charge in [-0.1, -0.05) is 20.3 Å². The summed E-state index contributed by atoms with van der Waals surface area (Å²) in [5.41, 5.74) is 0. The molecule has 1 aliphatic heterocycles. The number of unbranched alkanes of at least 4 members (excludes halogenated alkanes) is 1. The lowest BCUT2D eigenvalue weighted by atomic mass is 9.87. The van der Waals surface area contributed by atoms with Gasteiger partial charge in [0.05, 0.1) is 5.92 Å². The number of thioether (sulfide) groups is 1. The lowest BCUT2D eigenvalue weighted by Crippen LogP contribution is -2.45. The molecule has 1 amide bonds. The topological polar surface area (TPSA) is 57.6 Å². The highest BCUT2D eigenvalue weighted by molar-refractivity contribution is 7.99. The summed E-state index contributed by atoms with van der Waals surface area (Å²) in [5.74, 6) is 1.23. The summed E-state index contributed by atoms with van der Waals surface area (Å²) in [6.07, 6.45) is 3.57. The normalized spacial score (nSPS) is 23.4. The Balaban J connectivity index is 2.25. The summed E-state index contributed by atoms with van der Waals surface area (Å²) in [6, 6.07) is 0. The van der Waals surface area contributed by atoms with Crippen molar-refractivity contribution in [2.75, 3.05) is 24.6 Å². The van der Waals surface area contributed by atoms with Crippen molar-refractivity contribution >= 4 is 23.6 Å². The molecule has 4 nitrogen and oxygen atoms in total. The molecule has 1 heterocycles. The second kappa shape index (κ2) is 8.46. The lowest BCUT2D eigenvalue weighted by Gasteiger charge is -2.35. The average molecular weight is 287 g/mol. The van der Waals surface area contributed by atoms with Crippen LogP contribution in [-0.2, 0) is 9.59 Å². The Morgan fingerprint density at radius 1 is 1.37 bits per heavy atom. The van der Waals surface area contributed by atoms with E-state index in [-0.39, 0.29) is 17.7 Å². The Bertz CT molecular complexity index is 309. The summed E-state index contributed by atoms with van der Waals surface area (Å²) in [4.78, 5) is 24.9. The Kier molecular flexibility index (Phi) is 7.28. The van der Waals surface area contributed by atoms with E-state index in [1.54, 1.807) is 0 Å². The second-order valence-corrected chi connectivity index (χ2v) is 6.49. The number of aliphatic carboxylic acids is 1. The van der Waals surface area contributed by atoms with Crippen LogP contribution in [0.2, 0.25) is 0 Å². The number of piperidine rings is 1. The third-order valence-corrected chi connectivity index (χ3v) is 4.75. The summed E-state index contributed by atoms with van der Waals surface area (Å²) < 4.78 is 0. The van der Waals surface area contributed by atoms with Gasteiger partial charge in [0.1, 0.15) is 0 Å². The number of likely N-dealkylation sites (tertiary alicyclic amines) is 1. The molecule has 0 aliphatic carbocycles. The van der Waals surface area contributed by atoms with Gasteiger partial charge in [0.2, 0.25) is 5.91 Å². The van der Waals surface area contributed by atoms with Crippen LogP contribution >= 0.6 is 11.8 Å². The third kappa shape index (κ3) is 5.43. The van der Waals surface area contributed by atoms with Crippen molar-refractivity contribution in [3.63, 3.8) is 0 Å². The maximum absolute atomic E-state index is 12.0. The lowest BCUT2D eigenvalue weighted by molar-refractivity contribution is -0.148. The van der Waals surface area contributed by atoms with Gasteiger partial charge in [0.25, 0.3) is 0 Å². The van der Waals surface area contributed by atoms with Gasteiger partial charge >= 0.3 is 5.97 Å². The molecule has 1 N–H and O–H groups in total. The minimum Gasteiger partial charge on any atom is -0.481 e. The zero-order chi connectivity index (χ0) is 14.3. The summed E-state index contributed by atoms with van der Waals surface area (Å²) >= 11 is 1.83. The SMILES string of the molecule is CCCCSCCC(=O)N1CCC(C(=O)O)C(C)C1. The van der Waals surface area contributed by atoms with Crippen LogP contribution in [0, 0.1) is 11.8 Å². The maximum atomic E-state index is 12.0. The fraction of sp³-hybridized carbons (Fsp3) is 0.857.